The first kappa shape index (κ1) is 28.1. The number of benzene rings is 4. The molecule has 1 amide bonds. The molecule has 1 aliphatic rings. The van der Waals surface area contributed by atoms with Crippen molar-refractivity contribution in [3.63, 3.8) is 0 Å². The van der Waals surface area contributed by atoms with E-state index in [9.17, 15) is 24.6 Å². The van der Waals surface area contributed by atoms with E-state index < -0.39 is 23.9 Å². The maximum absolute atomic E-state index is 13.1. The molecule has 2 unspecified atom stereocenters. The highest BCUT2D eigenvalue weighted by Gasteiger charge is 2.37. The number of carbonyl (C=O) groups excluding carboxylic acids is 1. The average molecular weight is 550 g/mol. The Kier molecular flexibility index (Phi) is 8.78. The van der Waals surface area contributed by atoms with Crippen LogP contribution in [0.25, 0.3) is 21.9 Å². The van der Waals surface area contributed by atoms with Gasteiger partial charge in [-0.2, -0.15) is 0 Å². The minimum Gasteiger partial charge on any atom is -0.480 e. The van der Waals surface area contributed by atoms with Gasteiger partial charge in [0.1, 0.15) is 6.04 Å². The molecule has 210 valence electrons. The molecule has 41 heavy (non-hydrogen) atoms. The topological polar surface area (TPSA) is 94.9 Å². The third-order valence-electron chi connectivity index (χ3n) is 8.43. The van der Waals surface area contributed by atoms with Crippen LogP contribution in [0.3, 0.4) is 0 Å². The van der Waals surface area contributed by atoms with Gasteiger partial charge >= 0.3 is 17.8 Å². The van der Waals surface area contributed by atoms with Gasteiger partial charge in [0, 0.05) is 18.9 Å². The van der Waals surface area contributed by atoms with E-state index in [-0.39, 0.29) is 24.8 Å². The molecule has 5 rings (SSSR count). The van der Waals surface area contributed by atoms with Crippen LogP contribution < -0.4 is 0 Å². The summed E-state index contributed by atoms with van der Waals surface area (Å²) in [6, 6.07) is 30.5. The van der Waals surface area contributed by atoms with Crippen LogP contribution in [0, 0.1) is 5.92 Å². The molecule has 2 N–H and O–H groups in total. The number of amides is 1. The number of carboxylic acid groups (broad SMARTS) is 2. The molecule has 2 atom stereocenters. The summed E-state index contributed by atoms with van der Waals surface area (Å²) in [5.41, 5.74) is 3.92. The molecule has 0 saturated heterocycles. The van der Waals surface area contributed by atoms with Crippen molar-refractivity contribution in [2.75, 3.05) is 6.54 Å². The van der Waals surface area contributed by atoms with Gasteiger partial charge in [-0.25, -0.2) is 9.59 Å². The molecular formula is C35H35NO5. The minimum absolute atomic E-state index is 0.0343. The van der Waals surface area contributed by atoms with Crippen LogP contribution in [0.5, 0.6) is 0 Å². The summed E-state index contributed by atoms with van der Waals surface area (Å²) in [5, 5.41) is 22.2. The van der Waals surface area contributed by atoms with Crippen LogP contribution in [0.4, 0.5) is 0 Å². The van der Waals surface area contributed by atoms with Crippen molar-refractivity contribution in [1.82, 2.24) is 4.90 Å². The van der Waals surface area contributed by atoms with Crippen LogP contribution in [-0.4, -0.2) is 45.5 Å². The summed E-state index contributed by atoms with van der Waals surface area (Å²) in [5.74, 6) is -3.99. The Morgan fingerprint density at radius 1 is 0.756 bits per heavy atom. The highest BCUT2D eigenvalue weighted by molar-refractivity contribution is 6.31. The second-order valence-electron chi connectivity index (χ2n) is 11.0. The van der Waals surface area contributed by atoms with E-state index in [4.69, 9.17) is 0 Å². The van der Waals surface area contributed by atoms with Crippen molar-refractivity contribution in [2.45, 2.75) is 50.5 Å². The Labute approximate surface area is 240 Å². The average Bonchev–Trinajstić information content (AvgIpc) is 3.01. The van der Waals surface area contributed by atoms with Crippen molar-refractivity contribution in [1.29, 1.82) is 0 Å². The summed E-state index contributed by atoms with van der Waals surface area (Å²) >= 11 is 0. The van der Waals surface area contributed by atoms with Crippen LogP contribution in [0.1, 0.15) is 49.1 Å². The number of fused-ring (bicyclic) bond motifs is 1. The van der Waals surface area contributed by atoms with Crippen LogP contribution >= 0.6 is 0 Å². The van der Waals surface area contributed by atoms with E-state index in [1.807, 2.05) is 24.3 Å². The summed E-state index contributed by atoms with van der Waals surface area (Å²) in [4.78, 5) is 38.6. The third kappa shape index (κ3) is 6.49. The van der Waals surface area contributed by atoms with Crippen molar-refractivity contribution in [3.05, 3.63) is 108 Å². The number of rotatable bonds is 9. The second-order valence-corrected chi connectivity index (χ2v) is 11.0. The first-order chi connectivity index (χ1) is 19.9. The molecule has 6 heteroatoms. The quantitative estimate of drug-likeness (QED) is 0.225. The van der Waals surface area contributed by atoms with E-state index in [0.29, 0.717) is 0 Å². The van der Waals surface area contributed by atoms with E-state index in [1.165, 1.54) is 0 Å². The summed E-state index contributed by atoms with van der Waals surface area (Å²) in [6.45, 7) is 0.0349. The van der Waals surface area contributed by atoms with Crippen molar-refractivity contribution < 1.29 is 24.6 Å². The highest BCUT2D eigenvalue weighted by atomic mass is 16.4. The van der Waals surface area contributed by atoms with Gasteiger partial charge in [0.15, 0.2) is 0 Å². The predicted octanol–water partition coefficient (Wildman–Crippen LogP) is 6.78. The highest BCUT2D eigenvalue weighted by Crippen LogP contribution is 2.38. The molecule has 0 spiro atoms. The smallest absolute Gasteiger partial charge is 0.394 e. The van der Waals surface area contributed by atoms with Gasteiger partial charge in [-0.15, -0.1) is 0 Å². The standard InChI is InChI=1S/C35H35NO5/c37-33(35(40)41)36(32(34(38)39)22-24-10-3-1-4-11-24)23-31(26-12-5-2-6-13-26)28-20-18-27(19-21-28)30-17-9-15-25-14-7-8-16-29(25)30/h1,3-4,7-11,14-21,26,31-32H,2,5-6,12-13,22-23H2,(H,38,39)(H,40,41). The molecule has 1 fully saturated rings. The second kappa shape index (κ2) is 12.8. The Morgan fingerprint density at radius 2 is 1.41 bits per heavy atom. The lowest BCUT2D eigenvalue weighted by molar-refractivity contribution is -0.161. The first-order valence-corrected chi connectivity index (χ1v) is 14.3. The van der Waals surface area contributed by atoms with E-state index in [1.54, 1.807) is 24.3 Å². The SMILES string of the molecule is O=C(O)C(=O)N(CC(c1ccc(-c2cccc3ccccc23)cc1)C1CCCCC1)C(Cc1ccccc1)C(=O)O. The molecule has 1 aliphatic carbocycles. The Morgan fingerprint density at radius 3 is 2.10 bits per heavy atom. The van der Waals surface area contributed by atoms with Crippen LogP contribution in [0.2, 0.25) is 0 Å². The molecule has 0 heterocycles. The number of hydrogen-bond acceptors (Lipinski definition) is 3. The molecule has 1 saturated carbocycles. The molecule has 0 radical (unpaired) electrons. The molecule has 0 bridgehead atoms. The van der Waals surface area contributed by atoms with E-state index >= 15 is 0 Å². The lowest BCUT2D eigenvalue weighted by atomic mass is 9.76. The molecule has 0 aliphatic heterocycles. The van der Waals surface area contributed by atoms with Gasteiger partial charge in [-0.3, -0.25) is 4.79 Å². The Hall–Kier alpha value is -4.45. The predicted molar refractivity (Wildman–Crippen MR) is 160 cm³/mol. The first-order valence-electron chi connectivity index (χ1n) is 14.3. The van der Waals surface area contributed by atoms with Crippen molar-refractivity contribution in [2.24, 2.45) is 5.92 Å². The van der Waals surface area contributed by atoms with Gasteiger partial charge in [0.05, 0.1) is 0 Å². The van der Waals surface area contributed by atoms with Crippen LogP contribution in [0.15, 0.2) is 97.1 Å². The fourth-order valence-electron chi connectivity index (χ4n) is 6.30. The number of carboxylic acids is 2. The zero-order chi connectivity index (χ0) is 28.8. The molecule has 4 aromatic carbocycles. The summed E-state index contributed by atoms with van der Waals surface area (Å²) in [7, 11) is 0. The van der Waals surface area contributed by atoms with Gasteiger partial charge in [-0.05, 0) is 51.8 Å². The van der Waals surface area contributed by atoms with Crippen molar-refractivity contribution in [3.8, 4) is 11.1 Å². The van der Waals surface area contributed by atoms with Gasteiger partial charge in [-0.1, -0.05) is 116 Å². The maximum atomic E-state index is 13.1. The zero-order valence-corrected chi connectivity index (χ0v) is 23.0. The van der Waals surface area contributed by atoms with Gasteiger partial charge in [0.2, 0.25) is 0 Å². The van der Waals surface area contributed by atoms with Crippen LogP contribution in [-0.2, 0) is 20.8 Å². The number of carbonyl (C=O) groups is 3. The normalized spacial score (nSPS) is 15.2. The number of hydrogen-bond donors (Lipinski definition) is 2. The third-order valence-corrected chi connectivity index (χ3v) is 8.43. The van der Waals surface area contributed by atoms with Crippen molar-refractivity contribution >= 4 is 28.6 Å². The lowest BCUT2D eigenvalue weighted by Gasteiger charge is -2.36. The fourth-order valence-corrected chi connectivity index (χ4v) is 6.30. The summed E-state index contributed by atoms with van der Waals surface area (Å²) in [6.07, 6.45) is 5.23. The fraction of sp³-hybridized carbons (Fsp3) is 0.286. The monoisotopic (exact) mass is 549 g/mol. The van der Waals surface area contributed by atoms with Gasteiger partial charge < -0.3 is 15.1 Å². The Balaban J connectivity index is 1.50. The lowest BCUT2D eigenvalue weighted by Crippen LogP contribution is -2.51. The number of aliphatic carboxylic acids is 2. The maximum Gasteiger partial charge on any atom is 0.394 e. The van der Waals surface area contributed by atoms with E-state index in [0.717, 1.165) is 70.0 Å². The largest absolute Gasteiger partial charge is 0.480 e. The van der Waals surface area contributed by atoms with E-state index in [2.05, 4.69) is 48.5 Å². The summed E-state index contributed by atoms with van der Waals surface area (Å²) < 4.78 is 0. The molecular weight excluding hydrogens is 514 g/mol. The molecule has 0 aromatic heterocycles. The molecule has 4 aromatic rings. The molecule has 6 nitrogen and oxygen atoms in total. The minimum atomic E-state index is -1.64. The zero-order valence-electron chi connectivity index (χ0n) is 23.0. The number of nitrogens with zero attached hydrogens (tertiary/aromatic N) is 1. The van der Waals surface area contributed by atoms with Gasteiger partial charge in [0.25, 0.3) is 0 Å². The Bertz CT molecular complexity index is 1500.